The number of anilines is 2. The first-order valence-electron chi connectivity index (χ1n) is 15.2. The molecule has 2 amide bonds. The number of ether oxygens (including phenoxy) is 1. The number of hydrogen-bond donors (Lipinski definition) is 3. The number of aromatic nitrogens is 4. The predicted octanol–water partition coefficient (Wildman–Crippen LogP) is 6.36. The van der Waals surface area contributed by atoms with Gasteiger partial charge in [-0.15, -0.1) is 11.3 Å². The highest BCUT2D eigenvalue weighted by Crippen LogP contribution is 2.38. The fourth-order valence-corrected chi connectivity index (χ4v) is 7.04. The number of carboxylic acid groups (broad SMARTS) is 1. The van der Waals surface area contributed by atoms with Gasteiger partial charge in [-0.05, 0) is 69.4 Å². The Hall–Kier alpha value is -4.99. The number of fused-ring (bicyclic) bond motifs is 2. The quantitative estimate of drug-likeness (QED) is 0.145. The smallest absolute Gasteiger partial charge is 0.440 e. The van der Waals surface area contributed by atoms with Crippen molar-refractivity contribution in [2.75, 3.05) is 18.4 Å². The summed E-state index contributed by atoms with van der Waals surface area (Å²) >= 11 is 1.44. The largest absolute Gasteiger partial charge is 0.515 e. The van der Waals surface area contributed by atoms with Gasteiger partial charge in [-0.1, -0.05) is 30.3 Å². The normalized spacial score (nSPS) is 19.5. The van der Waals surface area contributed by atoms with Gasteiger partial charge in [0.15, 0.2) is 18.0 Å². The van der Waals surface area contributed by atoms with Crippen molar-refractivity contribution in [3.8, 4) is 11.8 Å². The van der Waals surface area contributed by atoms with Crippen molar-refractivity contribution in [3.63, 3.8) is 0 Å². The maximum atomic E-state index is 12.8. The van der Waals surface area contributed by atoms with Crippen LogP contribution in [0.25, 0.3) is 21.1 Å². The molecule has 3 N–H and O–H groups in total. The summed E-state index contributed by atoms with van der Waals surface area (Å²) in [6, 6.07) is 17.6. The van der Waals surface area contributed by atoms with Crippen LogP contribution >= 0.6 is 11.3 Å². The Kier molecular flexibility index (Phi) is 8.37. The number of nitrogens with zero attached hydrogens (tertiary/aromatic N) is 5. The molecule has 46 heavy (non-hydrogen) atoms. The molecule has 5 aromatic rings. The zero-order valence-corrected chi connectivity index (χ0v) is 27.0. The van der Waals surface area contributed by atoms with Crippen LogP contribution in [0.1, 0.15) is 44.6 Å². The summed E-state index contributed by atoms with van der Waals surface area (Å²) in [7, 11) is 0. The van der Waals surface area contributed by atoms with Gasteiger partial charge >= 0.3 is 12.2 Å². The predicted molar refractivity (Wildman–Crippen MR) is 178 cm³/mol. The van der Waals surface area contributed by atoms with Gasteiger partial charge in [0.2, 0.25) is 0 Å². The maximum Gasteiger partial charge on any atom is 0.515 e. The van der Waals surface area contributed by atoms with E-state index in [2.05, 4.69) is 49.7 Å². The average Bonchev–Trinajstić information content (AvgIpc) is 3.72. The highest BCUT2D eigenvalue weighted by atomic mass is 32.1. The van der Waals surface area contributed by atoms with Crippen LogP contribution < -0.4 is 10.6 Å². The second kappa shape index (κ2) is 12.4. The summed E-state index contributed by atoms with van der Waals surface area (Å²) in [5.74, 6) is 7.12. The summed E-state index contributed by atoms with van der Waals surface area (Å²) < 4.78 is 8.08. The van der Waals surface area contributed by atoms with Gasteiger partial charge in [-0.3, -0.25) is 4.68 Å². The second-order valence-corrected chi connectivity index (χ2v) is 13.4. The molecular formula is C34H36N7O4S+. The average molecular weight is 639 g/mol. The van der Waals surface area contributed by atoms with Crippen molar-refractivity contribution in [2.45, 2.75) is 58.3 Å². The van der Waals surface area contributed by atoms with Crippen molar-refractivity contribution in [3.05, 3.63) is 77.6 Å². The molecule has 4 heterocycles. The standard InChI is InChI=1S/C34H35N7O4S/c1-5-35-32(42)45-26-16-25(41(20-26,33(43)44)34(2,3)4)12-13-27-17-28-30(46-27)31(37-21-36-28)39-24-11-14-29-23(15-24)18-38-40(29)19-22-9-7-6-8-10-22/h6-11,14-15,17-18,21,25-26H,5,16,19-20H2,1-4H3,(H2-,35,36,37,39,42,43,44)/p+1/t25-,26-,41?/m0/s1. The number of quaternary nitrogens is 1. The van der Waals surface area contributed by atoms with E-state index in [0.717, 1.165) is 31.7 Å². The third-order valence-corrected chi connectivity index (χ3v) is 9.44. The number of carbonyl (C=O) groups excluding carboxylic acids is 1. The Balaban J connectivity index is 1.25. The van der Waals surface area contributed by atoms with E-state index < -0.39 is 29.9 Å². The number of rotatable bonds is 6. The molecule has 1 aliphatic rings. The Bertz CT molecular complexity index is 1970. The summed E-state index contributed by atoms with van der Waals surface area (Å²) in [5.41, 5.74) is 3.13. The van der Waals surface area contributed by atoms with Crippen LogP contribution in [0.4, 0.5) is 21.1 Å². The summed E-state index contributed by atoms with van der Waals surface area (Å²) in [5, 5.41) is 22.1. The van der Waals surface area contributed by atoms with Gasteiger partial charge in [0.1, 0.15) is 18.4 Å². The molecule has 3 aromatic heterocycles. The number of carbonyl (C=O) groups is 2. The molecule has 1 fully saturated rings. The molecule has 3 atom stereocenters. The topological polar surface area (TPSA) is 131 Å². The third-order valence-electron chi connectivity index (χ3n) is 8.40. The monoisotopic (exact) mass is 638 g/mol. The lowest BCUT2D eigenvalue weighted by Gasteiger charge is -2.42. The summed E-state index contributed by atoms with van der Waals surface area (Å²) in [6.07, 6.45) is 1.56. The molecule has 0 saturated carbocycles. The molecule has 6 rings (SSSR count). The van der Waals surface area contributed by atoms with Crippen LogP contribution in [0, 0.1) is 11.8 Å². The molecule has 12 heteroatoms. The number of likely N-dealkylation sites (tertiary alicyclic amines) is 1. The summed E-state index contributed by atoms with van der Waals surface area (Å²) in [4.78, 5) is 34.7. The first kappa shape index (κ1) is 31.0. The Morgan fingerprint density at radius 3 is 2.70 bits per heavy atom. The minimum Gasteiger partial charge on any atom is -0.440 e. The third kappa shape index (κ3) is 5.99. The van der Waals surface area contributed by atoms with Gasteiger partial charge in [0.25, 0.3) is 0 Å². The van der Waals surface area contributed by atoms with E-state index in [0.29, 0.717) is 25.3 Å². The molecule has 0 radical (unpaired) electrons. The van der Waals surface area contributed by atoms with Gasteiger partial charge in [0.05, 0.1) is 39.8 Å². The molecule has 1 saturated heterocycles. The van der Waals surface area contributed by atoms with Crippen molar-refractivity contribution >= 4 is 56.1 Å². The molecule has 236 valence electrons. The lowest BCUT2D eigenvalue weighted by Crippen LogP contribution is -2.65. The minimum absolute atomic E-state index is 0.136. The lowest BCUT2D eigenvalue weighted by atomic mass is 10.00. The molecule has 11 nitrogen and oxygen atoms in total. The van der Waals surface area contributed by atoms with Crippen LogP contribution in [0.3, 0.4) is 0 Å². The highest BCUT2D eigenvalue weighted by molar-refractivity contribution is 7.20. The minimum atomic E-state index is -0.995. The molecule has 1 aliphatic heterocycles. The van der Waals surface area contributed by atoms with E-state index in [1.807, 2.05) is 74.1 Å². The van der Waals surface area contributed by atoms with Gasteiger partial charge in [-0.2, -0.15) is 9.89 Å². The Labute approximate surface area is 270 Å². The summed E-state index contributed by atoms with van der Waals surface area (Å²) in [6.45, 7) is 8.68. The maximum absolute atomic E-state index is 12.8. The molecule has 0 aliphatic carbocycles. The van der Waals surface area contributed by atoms with E-state index >= 15 is 0 Å². The van der Waals surface area contributed by atoms with E-state index in [1.165, 1.54) is 23.2 Å². The molecule has 2 aromatic carbocycles. The lowest BCUT2D eigenvalue weighted by molar-refractivity contribution is -0.908. The molecule has 0 spiro atoms. The molecular weight excluding hydrogens is 602 g/mol. The van der Waals surface area contributed by atoms with Crippen LogP contribution in [-0.2, 0) is 11.3 Å². The first-order valence-corrected chi connectivity index (χ1v) is 16.0. The molecule has 0 bridgehead atoms. The van der Waals surface area contributed by atoms with E-state index in [9.17, 15) is 14.7 Å². The number of alkyl carbamates (subject to hydrolysis) is 1. The number of amides is 2. The number of thiophene rings is 1. The zero-order valence-electron chi connectivity index (χ0n) is 26.2. The van der Waals surface area contributed by atoms with Crippen molar-refractivity contribution < 1.29 is 23.9 Å². The van der Waals surface area contributed by atoms with Gasteiger partial charge in [-0.25, -0.2) is 19.2 Å². The number of hydrogen-bond acceptors (Lipinski definition) is 8. The van der Waals surface area contributed by atoms with Gasteiger partial charge in [0, 0.05) is 17.6 Å². The van der Waals surface area contributed by atoms with E-state index in [-0.39, 0.29) is 11.0 Å². The SMILES string of the molecule is CCNC(=O)O[C@H]1C[C@H](C#Cc2cc3ncnc(Nc4ccc5c(cnn5Cc5ccccc5)c4)c3s2)[N+](C(=O)O)(C(C)(C)C)C1. The van der Waals surface area contributed by atoms with Crippen molar-refractivity contribution in [2.24, 2.45) is 0 Å². The van der Waals surface area contributed by atoms with Crippen molar-refractivity contribution in [1.82, 2.24) is 25.1 Å². The number of nitrogens with one attached hydrogen (secondary N) is 2. The van der Waals surface area contributed by atoms with Gasteiger partial charge < -0.3 is 20.5 Å². The fourth-order valence-electron chi connectivity index (χ4n) is 6.13. The van der Waals surface area contributed by atoms with Crippen LogP contribution in [-0.4, -0.2) is 72.3 Å². The van der Waals surface area contributed by atoms with Crippen molar-refractivity contribution in [1.29, 1.82) is 0 Å². The zero-order chi connectivity index (χ0) is 32.5. The number of benzene rings is 2. The van der Waals surface area contributed by atoms with Crippen LogP contribution in [0.15, 0.2) is 67.1 Å². The van der Waals surface area contributed by atoms with E-state index in [1.54, 1.807) is 6.92 Å². The molecule has 1 unspecified atom stereocenters. The Morgan fingerprint density at radius 2 is 1.96 bits per heavy atom. The van der Waals surface area contributed by atoms with Crippen LogP contribution in [0.2, 0.25) is 0 Å². The Morgan fingerprint density at radius 1 is 1.15 bits per heavy atom. The highest BCUT2D eigenvalue weighted by Gasteiger charge is 2.60. The van der Waals surface area contributed by atoms with E-state index in [4.69, 9.17) is 4.74 Å². The second-order valence-electron chi connectivity index (χ2n) is 12.3. The fraction of sp³-hybridized carbons (Fsp3) is 0.324. The first-order chi connectivity index (χ1) is 22.1. The van der Waals surface area contributed by atoms with Crippen LogP contribution in [0.5, 0.6) is 0 Å².